The van der Waals surface area contributed by atoms with Crippen LogP contribution in [0.2, 0.25) is 40.2 Å². The molecular formula is C44H24Cl8P2. The Bertz CT molecular complexity index is 2380. The van der Waals surface area contributed by atoms with E-state index in [0.717, 1.165) is 64.5 Å². The maximum Gasteiger partial charge on any atom is 0.0427 e. The lowest BCUT2D eigenvalue weighted by atomic mass is 9.93. The maximum atomic E-state index is 6.75. The fraction of sp³-hybridized carbons (Fsp3) is 0. The van der Waals surface area contributed by atoms with E-state index in [9.17, 15) is 0 Å². The third kappa shape index (κ3) is 7.87. The molecule has 8 aromatic carbocycles. The minimum atomic E-state index is -1.36. The van der Waals surface area contributed by atoms with Crippen molar-refractivity contribution < 1.29 is 0 Å². The highest BCUT2D eigenvalue weighted by atomic mass is 35.5. The Morgan fingerprint density at radius 3 is 0.815 bits per heavy atom. The molecule has 266 valence electrons. The molecule has 0 spiro atoms. The van der Waals surface area contributed by atoms with Crippen molar-refractivity contribution in [2.24, 2.45) is 0 Å². The number of benzene rings is 8. The molecule has 0 saturated heterocycles. The summed E-state index contributed by atoms with van der Waals surface area (Å²) in [6.45, 7) is 0. The Hall–Kier alpha value is -2.54. The maximum absolute atomic E-state index is 6.75. The molecule has 0 aliphatic rings. The first-order chi connectivity index (χ1) is 26.0. The lowest BCUT2D eigenvalue weighted by molar-refractivity contribution is 1.71. The highest BCUT2D eigenvalue weighted by Gasteiger charge is 2.29. The van der Waals surface area contributed by atoms with E-state index in [1.54, 1.807) is 24.3 Å². The van der Waals surface area contributed by atoms with Crippen LogP contribution < -0.4 is 31.8 Å². The van der Waals surface area contributed by atoms with Crippen molar-refractivity contribution in [2.45, 2.75) is 0 Å². The molecule has 0 aliphatic carbocycles. The summed E-state index contributed by atoms with van der Waals surface area (Å²) in [6.07, 6.45) is 0. The lowest BCUT2D eigenvalue weighted by Crippen LogP contribution is -2.26. The zero-order valence-electron chi connectivity index (χ0n) is 27.8. The first-order valence-corrected chi connectivity index (χ1v) is 22.2. The van der Waals surface area contributed by atoms with E-state index in [2.05, 4.69) is 72.8 Å². The first-order valence-electron chi connectivity index (χ1n) is 16.5. The number of fused-ring (bicyclic) bond motifs is 2. The molecule has 0 aromatic heterocycles. The fourth-order valence-electron chi connectivity index (χ4n) is 6.95. The summed E-state index contributed by atoms with van der Waals surface area (Å²) in [6, 6.07) is 48.5. The van der Waals surface area contributed by atoms with E-state index < -0.39 is 15.8 Å². The summed E-state index contributed by atoms with van der Waals surface area (Å²) >= 11 is 54.0. The van der Waals surface area contributed by atoms with Gasteiger partial charge < -0.3 is 0 Å². The van der Waals surface area contributed by atoms with Gasteiger partial charge in [0.1, 0.15) is 0 Å². The third-order valence-corrected chi connectivity index (χ3v) is 15.5. The molecule has 0 radical (unpaired) electrons. The van der Waals surface area contributed by atoms with Crippen LogP contribution in [0.1, 0.15) is 0 Å². The monoisotopic (exact) mass is 894 g/mol. The topological polar surface area (TPSA) is 0 Å². The molecule has 10 heteroatoms. The van der Waals surface area contributed by atoms with Crippen LogP contribution in [-0.2, 0) is 0 Å². The molecule has 8 rings (SSSR count). The summed E-state index contributed by atoms with van der Waals surface area (Å²) in [5.41, 5.74) is 2.12. The van der Waals surface area contributed by atoms with Gasteiger partial charge in [0.05, 0.1) is 0 Å². The van der Waals surface area contributed by atoms with Gasteiger partial charge >= 0.3 is 0 Å². The Morgan fingerprint density at radius 2 is 0.537 bits per heavy atom. The number of hydrogen-bond acceptors (Lipinski definition) is 0. The van der Waals surface area contributed by atoms with Crippen LogP contribution in [0.15, 0.2) is 146 Å². The van der Waals surface area contributed by atoms with Crippen LogP contribution in [0, 0.1) is 0 Å². The second-order valence-electron chi connectivity index (χ2n) is 12.5. The highest BCUT2D eigenvalue weighted by Crippen LogP contribution is 2.47. The zero-order chi connectivity index (χ0) is 37.7. The van der Waals surface area contributed by atoms with Crippen LogP contribution in [0.5, 0.6) is 0 Å². The largest absolute Gasteiger partial charge is 0.0843 e. The molecule has 0 heterocycles. The predicted molar refractivity (Wildman–Crippen MR) is 244 cm³/mol. The summed E-state index contributed by atoms with van der Waals surface area (Å²) in [7, 11) is -2.72. The van der Waals surface area contributed by atoms with E-state index in [1.165, 1.54) is 0 Å². The minimum Gasteiger partial charge on any atom is -0.0843 e. The van der Waals surface area contributed by atoms with Gasteiger partial charge in [-0.1, -0.05) is 166 Å². The molecule has 0 fully saturated rings. The zero-order valence-corrected chi connectivity index (χ0v) is 35.6. The Morgan fingerprint density at radius 1 is 0.278 bits per heavy atom. The average Bonchev–Trinajstić information content (AvgIpc) is 3.10. The normalized spacial score (nSPS) is 11.7. The van der Waals surface area contributed by atoms with Crippen LogP contribution >= 0.6 is 109 Å². The predicted octanol–water partition coefficient (Wildman–Crippen LogP) is 14.4. The summed E-state index contributed by atoms with van der Waals surface area (Å²) in [4.78, 5) is 0. The molecule has 0 saturated carbocycles. The van der Waals surface area contributed by atoms with E-state index in [4.69, 9.17) is 92.8 Å². The number of rotatable bonds is 7. The quantitative estimate of drug-likeness (QED) is 0.140. The molecule has 0 unspecified atom stereocenters. The van der Waals surface area contributed by atoms with Crippen LogP contribution in [0.25, 0.3) is 32.7 Å². The van der Waals surface area contributed by atoms with Crippen LogP contribution in [-0.4, -0.2) is 0 Å². The van der Waals surface area contributed by atoms with Gasteiger partial charge in [-0.3, -0.25) is 0 Å². The van der Waals surface area contributed by atoms with Crippen molar-refractivity contribution in [1.82, 2.24) is 0 Å². The van der Waals surface area contributed by atoms with Gasteiger partial charge in [0, 0.05) is 40.2 Å². The van der Waals surface area contributed by atoms with Gasteiger partial charge in [-0.15, -0.1) is 0 Å². The lowest BCUT2D eigenvalue weighted by Gasteiger charge is -2.29. The molecule has 0 N–H and O–H groups in total. The number of hydrogen-bond donors (Lipinski definition) is 0. The van der Waals surface area contributed by atoms with Gasteiger partial charge in [-0.25, -0.2) is 0 Å². The third-order valence-electron chi connectivity index (χ3n) is 8.97. The first kappa shape index (κ1) is 38.3. The van der Waals surface area contributed by atoms with Gasteiger partial charge in [-0.2, -0.15) is 0 Å². The Balaban J connectivity index is 1.56. The van der Waals surface area contributed by atoms with Crippen molar-refractivity contribution >= 4 is 162 Å². The molecule has 0 nitrogen and oxygen atoms in total. The fourth-order valence-corrected chi connectivity index (χ4v) is 14.9. The Kier molecular flexibility index (Phi) is 11.5. The van der Waals surface area contributed by atoms with Crippen LogP contribution in [0.4, 0.5) is 0 Å². The molecule has 0 aliphatic heterocycles. The van der Waals surface area contributed by atoms with Gasteiger partial charge in [-0.05, 0) is 153 Å². The van der Waals surface area contributed by atoms with Gasteiger partial charge in [0.25, 0.3) is 0 Å². The molecule has 0 atom stereocenters. The average molecular weight is 898 g/mol. The van der Waals surface area contributed by atoms with Crippen molar-refractivity contribution in [3.63, 3.8) is 0 Å². The molecular weight excluding hydrogens is 874 g/mol. The summed E-state index contributed by atoms with van der Waals surface area (Å²) in [5.74, 6) is 0. The van der Waals surface area contributed by atoms with Crippen molar-refractivity contribution in [1.29, 1.82) is 0 Å². The molecule has 54 heavy (non-hydrogen) atoms. The Labute approximate surface area is 356 Å². The SMILES string of the molecule is Clc1cc(Cl)cc(P(c2cc(Cl)cc(Cl)c2)c2ccc3ccccc3c2-c2c(P(c3cc(Cl)cc(Cl)c3)c3cc(Cl)cc(Cl)c3)ccc3ccccc23)c1. The van der Waals surface area contributed by atoms with Crippen molar-refractivity contribution in [3.05, 3.63) is 186 Å². The second kappa shape index (κ2) is 16.1. The van der Waals surface area contributed by atoms with Crippen molar-refractivity contribution in [2.75, 3.05) is 0 Å². The molecule has 0 amide bonds. The standard InChI is InChI=1S/C44H24Cl8P2/c45-27-13-28(46)18-35(17-27)53(36-19-29(47)14-30(48)20-36)41-11-9-25-5-1-3-7-39(25)43(41)44-40-8-4-2-6-26(40)10-12-42(44)54(37-21-31(49)15-32(50)22-37)38-23-33(51)16-34(52)24-38/h1-24H. The summed E-state index contributed by atoms with van der Waals surface area (Å²) in [5, 5.41) is 14.5. The molecule has 0 bridgehead atoms. The van der Waals surface area contributed by atoms with E-state index >= 15 is 0 Å². The minimum absolute atomic E-state index is 0.533. The van der Waals surface area contributed by atoms with Gasteiger partial charge in [0.2, 0.25) is 0 Å². The highest BCUT2D eigenvalue weighted by molar-refractivity contribution is 7.81. The molecule has 8 aromatic rings. The second-order valence-corrected chi connectivity index (χ2v) is 20.4. The number of halogens is 8. The van der Waals surface area contributed by atoms with Gasteiger partial charge in [0.15, 0.2) is 0 Å². The summed E-state index contributed by atoms with van der Waals surface area (Å²) < 4.78 is 0. The van der Waals surface area contributed by atoms with E-state index in [1.807, 2.05) is 48.5 Å². The van der Waals surface area contributed by atoms with Crippen LogP contribution in [0.3, 0.4) is 0 Å². The van der Waals surface area contributed by atoms with E-state index in [0.29, 0.717) is 40.2 Å². The van der Waals surface area contributed by atoms with Crippen molar-refractivity contribution in [3.8, 4) is 11.1 Å². The van der Waals surface area contributed by atoms with E-state index in [-0.39, 0.29) is 0 Å². The smallest absolute Gasteiger partial charge is 0.0427 e.